The Bertz CT molecular complexity index is 2100. The lowest BCUT2D eigenvalue weighted by Gasteiger charge is -2.59. The van der Waals surface area contributed by atoms with Gasteiger partial charge in [0.1, 0.15) is 24.1 Å². The van der Waals surface area contributed by atoms with Crippen LogP contribution >= 0.6 is 11.8 Å². The van der Waals surface area contributed by atoms with Crippen LogP contribution in [-0.4, -0.2) is 82.7 Å². The molecule has 2 aliphatic carbocycles. The molecule has 1 amide bonds. The molecule has 6 unspecified atom stereocenters. The summed E-state index contributed by atoms with van der Waals surface area (Å²) in [5.74, 6) is 0.419. The average Bonchev–Trinajstić information content (AvgIpc) is 3.35. The second-order valence-corrected chi connectivity index (χ2v) is 19.7. The number of amides is 1. The Hall–Kier alpha value is -4.69. The molecule has 0 aromatic heterocycles. The molecule has 0 bridgehead atoms. The number of fused-ring (bicyclic) bond motifs is 2. The summed E-state index contributed by atoms with van der Waals surface area (Å²) in [4.78, 5) is 34.7. The van der Waals surface area contributed by atoms with Crippen LogP contribution in [0.25, 0.3) is 0 Å². The molecule has 0 saturated heterocycles. The number of aliphatic hydroxyl groups excluding tert-OH is 2. The molecule has 0 radical (unpaired) electrons. The number of unbranched alkanes of at least 4 members (excludes halogenated alkanes) is 10. The van der Waals surface area contributed by atoms with Crippen molar-refractivity contribution in [3.8, 4) is 11.5 Å². The number of nitrogens with zero attached hydrogens (tertiary/aromatic N) is 3. The fourth-order valence-electron chi connectivity index (χ4n) is 10.5. The van der Waals surface area contributed by atoms with E-state index in [4.69, 9.17) is 24.2 Å². The maximum atomic E-state index is 14.5. The number of rotatable bonds is 31. The molecule has 6 atom stereocenters. The van der Waals surface area contributed by atoms with E-state index in [0.717, 1.165) is 73.1 Å². The van der Waals surface area contributed by atoms with E-state index in [0.29, 0.717) is 43.8 Å². The summed E-state index contributed by atoms with van der Waals surface area (Å²) in [5, 5.41) is 36.2. The van der Waals surface area contributed by atoms with Crippen molar-refractivity contribution in [2.45, 2.75) is 145 Å². The fourth-order valence-corrected chi connectivity index (χ4v) is 11.2. The van der Waals surface area contributed by atoms with Crippen molar-refractivity contribution in [2.75, 3.05) is 39.2 Å². The number of hydrogen-bond donors (Lipinski definition) is 2. The van der Waals surface area contributed by atoms with Gasteiger partial charge >= 0.3 is 0 Å². The third kappa shape index (κ3) is 14.0. The third-order valence-electron chi connectivity index (χ3n) is 13.9. The van der Waals surface area contributed by atoms with Gasteiger partial charge in [0.2, 0.25) is 11.7 Å². The van der Waals surface area contributed by atoms with Gasteiger partial charge in [-0.1, -0.05) is 107 Å². The zero-order chi connectivity index (χ0) is 48.1. The second kappa shape index (κ2) is 27.5. The molecule has 370 valence electrons. The SMILES string of the molecule is C=CCOC12Oc3ccc(OCCSc4ccccc4)cc3C3C(CCCCO)C(CCCCO)C=C(C(=NOCc4ccc([N+](=O)[O-])cc4)CC1N(C)C(=O)CCCCCCCCCCC)C32. The van der Waals surface area contributed by atoms with E-state index < -0.39 is 22.7 Å². The minimum atomic E-state index is -1.34. The highest BCUT2D eigenvalue weighted by atomic mass is 32.2. The van der Waals surface area contributed by atoms with Crippen molar-refractivity contribution >= 4 is 29.1 Å². The van der Waals surface area contributed by atoms with Crippen LogP contribution < -0.4 is 9.47 Å². The van der Waals surface area contributed by atoms with E-state index in [-0.39, 0.29) is 55.8 Å². The molecule has 1 saturated carbocycles. The standard InChI is InChI=1S/C55H75N3O9S/c1-4-6-7-8-9-10-11-12-16-25-52(61)57(3)51-39-49(56-66-40-41-26-28-43(29-27-41)58(62)63)47-37-42(21-17-19-32-59)46(24-18-20-33-60)53-48-38-44(64-35-36-68-45-22-14-13-15-23-45)30-31-50(48)67-55(51,54(47)53)65-34-5-2/h5,13-15,22-23,26-31,37-38,42,46,51,53-54,59-60H,2,4,6-12,16-21,24-25,32-36,39-40H2,1,3H3. The van der Waals surface area contributed by atoms with Gasteiger partial charge in [-0.15, -0.1) is 18.3 Å². The largest absolute Gasteiger partial charge is 0.493 e. The van der Waals surface area contributed by atoms with Gasteiger partial charge in [-0.05, 0) is 97.5 Å². The number of non-ortho nitro benzene ring substituents is 1. The first-order valence-corrected chi connectivity index (χ1v) is 26.2. The highest BCUT2D eigenvalue weighted by molar-refractivity contribution is 7.99. The van der Waals surface area contributed by atoms with Crippen LogP contribution in [-0.2, 0) is 21.0 Å². The second-order valence-electron chi connectivity index (χ2n) is 18.6. The van der Waals surface area contributed by atoms with Crippen LogP contribution in [0.2, 0.25) is 0 Å². The highest BCUT2D eigenvalue weighted by Gasteiger charge is 2.65. The van der Waals surface area contributed by atoms with E-state index in [2.05, 4.69) is 37.8 Å². The molecule has 3 aromatic carbocycles. The number of allylic oxidation sites excluding steroid dienone is 1. The van der Waals surface area contributed by atoms with Gasteiger partial charge in [-0.2, -0.15) is 0 Å². The van der Waals surface area contributed by atoms with E-state index >= 15 is 0 Å². The number of ether oxygens (including phenoxy) is 3. The molecule has 2 N–H and O–H groups in total. The normalized spacial score (nSPS) is 22.1. The summed E-state index contributed by atoms with van der Waals surface area (Å²) in [6.45, 7) is 7.26. The third-order valence-corrected chi connectivity index (χ3v) is 14.9. The fraction of sp³-hybridized carbons (Fsp3) is 0.564. The minimum absolute atomic E-state index is 0.00226. The summed E-state index contributed by atoms with van der Waals surface area (Å²) >= 11 is 1.75. The Morgan fingerprint density at radius 2 is 1.65 bits per heavy atom. The van der Waals surface area contributed by atoms with Crippen molar-refractivity contribution in [1.29, 1.82) is 0 Å². The van der Waals surface area contributed by atoms with Gasteiger partial charge in [0.05, 0.1) is 29.8 Å². The first kappa shape index (κ1) is 52.7. The summed E-state index contributed by atoms with van der Waals surface area (Å²) in [7, 11) is 1.86. The number of oxime groups is 1. The predicted molar refractivity (Wildman–Crippen MR) is 270 cm³/mol. The molecule has 6 rings (SSSR count). The van der Waals surface area contributed by atoms with Crippen molar-refractivity contribution in [1.82, 2.24) is 4.90 Å². The maximum absolute atomic E-state index is 14.5. The quantitative estimate of drug-likeness (QED) is 0.0209. The average molecular weight is 954 g/mol. The van der Waals surface area contributed by atoms with Crippen LogP contribution in [0.1, 0.15) is 133 Å². The van der Waals surface area contributed by atoms with Crippen molar-refractivity contribution in [2.24, 2.45) is 22.9 Å². The van der Waals surface area contributed by atoms with Crippen molar-refractivity contribution in [3.05, 3.63) is 118 Å². The van der Waals surface area contributed by atoms with Crippen LogP contribution in [0.15, 0.2) is 107 Å². The molecular formula is C55H75N3O9S. The van der Waals surface area contributed by atoms with E-state index in [1.165, 1.54) is 55.6 Å². The van der Waals surface area contributed by atoms with Crippen molar-refractivity contribution < 1.29 is 39.0 Å². The molecule has 3 aliphatic rings. The number of nitro groups is 1. The van der Waals surface area contributed by atoms with Gasteiger partial charge in [0, 0.05) is 67.4 Å². The monoisotopic (exact) mass is 954 g/mol. The first-order chi connectivity index (χ1) is 33.2. The number of carbonyl (C=O) groups is 1. The topological polar surface area (TPSA) is 153 Å². The number of nitro benzene ring substituents is 1. The number of thioether (sulfide) groups is 1. The lowest BCUT2D eigenvalue weighted by Crippen LogP contribution is -2.69. The molecular weight excluding hydrogens is 879 g/mol. The van der Waals surface area contributed by atoms with E-state index in [9.17, 15) is 25.1 Å². The summed E-state index contributed by atoms with van der Waals surface area (Å²) < 4.78 is 20.9. The number of aliphatic hydroxyl groups is 2. The zero-order valence-electron chi connectivity index (χ0n) is 40.4. The lowest BCUT2D eigenvalue weighted by atomic mass is 9.55. The van der Waals surface area contributed by atoms with Crippen LogP contribution in [0.4, 0.5) is 5.69 Å². The highest BCUT2D eigenvalue weighted by Crippen LogP contribution is 2.62. The van der Waals surface area contributed by atoms with Gasteiger partial charge < -0.3 is 34.2 Å². The smallest absolute Gasteiger partial charge is 0.269 e. The van der Waals surface area contributed by atoms with Gasteiger partial charge in [0.15, 0.2) is 0 Å². The Balaban J connectivity index is 1.40. The predicted octanol–water partition coefficient (Wildman–Crippen LogP) is 12.0. The molecule has 3 aromatic rings. The van der Waals surface area contributed by atoms with Crippen LogP contribution in [0.5, 0.6) is 11.5 Å². The van der Waals surface area contributed by atoms with Gasteiger partial charge in [-0.25, -0.2) is 0 Å². The summed E-state index contributed by atoms with van der Waals surface area (Å²) in [6, 6.07) is 22.0. The number of likely N-dealkylation sites (N-methyl/N-ethyl adjacent to an activating group) is 1. The number of carbonyl (C=O) groups excluding carboxylic acids is 1. The number of hydrogen-bond acceptors (Lipinski definition) is 11. The summed E-state index contributed by atoms with van der Waals surface area (Å²) in [5.41, 5.74) is 3.38. The zero-order valence-corrected chi connectivity index (χ0v) is 41.3. The molecule has 13 heteroatoms. The first-order valence-electron chi connectivity index (χ1n) is 25.2. The number of benzene rings is 3. The lowest BCUT2D eigenvalue weighted by molar-refractivity contribution is -0.384. The molecule has 12 nitrogen and oxygen atoms in total. The van der Waals surface area contributed by atoms with Gasteiger partial charge in [-0.3, -0.25) is 14.9 Å². The molecule has 1 heterocycles. The molecule has 1 fully saturated rings. The van der Waals surface area contributed by atoms with Crippen molar-refractivity contribution in [3.63, 3.8) is 0 Å². The molecule has 68 heavy (non-hydrogen) atoms. The Labute approximate surface area is 408 Å². The Morgan fingerprint density at radius 1 is 0.941 bits per heavy atom. The van der Waals surface area contributed by atoms with E-state index in [1.54, 1.807) is 30.0 Å². The minimum Gasteiger partial charge on any atom is -0.493 e. The summed E-state index contributed by atoms with van der Waals surface area (Å²) in [6.07, 6.45) is 19.8. The Kier molecular flexibility index (Phi) is 21.3. The molecule has 1 aliphatic heterocycles. The van der Waals surface area contributed by atoms with Gasteiger partial charge in [0.25, 0.3) is 5.69 Å². The molecule has 0 spiro atoms. The van der Waals surface area contributed by atoms with E-state index in [1.807, 2.05) is 42.3 Å². The van der Waals surface area contributed by atoms with Crippen LogP contribution in [0.3, 0.4) is 0 Å². The Morgan fingerprint density at radius 3 is 2.34 bits per heavy atom. The maximum Gasteiger partial charge on any atom is 0.269 e. The van der Waals surface area contributed by atoms with Crippen LogP contribution in [0, 0.1) is 27.9 Å².